The molecule has 5 heteroatoms. The van der Waals surface area contributed by atoms with Gasteiger partial charge in [-0.25, -0.2) is 4.98 Å². The van der Waals surface area contributed by atoms with Gasteiger partial charge < -0.3 is 10.5 Å². The normalized spacial score (nSPS) is 10.5. The van der Waals surface area contributed by atoms with E-state index in [1.807, 2.05) is 41.8 Å². The van der Waals surface area contributed by atoms with E-state index in [2.05, 4.69) is 41.4 Å². The highest BCUT2D eigenvalue weighted by Crippen LogP contribution is 2.30. The van der Waals surface area contributed by atoms with Gasteiger partial charge in [-0.1, -0.05) is 36.4 Å². The predicted octanol–water partition coefficient (Wildman–Crippen LogP) is 5.45. The molecule has 1 aromatic heterocycles. The summed E-state index contributed by atoms with van der Waals surface area (Å²) in [5.74, 6) is 0.851. The van der Waals surface area contributed by atoms with Crippen molar-refractivity contribution in [3.05, 3.63) is 99.9 Å². The number of nitrogens with zero attached hydrogens (tertiary/aromatic N) is 2. The Kier molecular flexibility index (Phi) is 5.78. The van der Waals surface area contributed by atoms with Gasteiger partial charge in [-0.3, -0.25) is 0 Å². The third kappa shape index (κ3) is 4.51. The average molecular weight is 412 g/mol. The molecule has 0 amide bonds. The number of nitrogen functional groups attached to an aromatic ring is 1. The van der Waals surface area contributed by atoms with Gasteiger partial charge in [0.25, 0.3) is 0 Å². The molecule has 0 bridgehead atoms. The molecule has 4 aromatic rings. The fraction of sp³-hybridized carbons (Fsp3) is 0.120. The van der Waals surface area contributed by atoms with Crippen molar-refractivity contribution >= 4 is 16.5 Å². The topological polar surface area (TPSA) is 71.9 Å². The van der Waals surface area contributed by atoms with E-state index in [1.165, 1.54) is 33.6 Å². The summed E-state index contributed by atoms with van der Waals surface area (Å²) in [7, 11) is 1.67. The first-order chi connectivity index (χ1) is 14.6. The summed E-state index contributed by atoms with van der Waals surface area (Å²) in [4.78, 5) is 4.52. The second kappa shape index (κ2) is 8.81. The molecule has 4 rings (SSSR count). The predicted molar refractivity (Wildman–Crippen MR) is 122 cm³/mol. The molecule has 30 heavy (non-hydrogen) atoms. The number of thiazole rings is 1. The molecule has 0 aliphatic carbocycles. The number of anilines is 1. The van der Waals surface area contributed by atoms with E-state index in [1.54, 1.807) is 7.11 Å². The van der Waals surface area contributed by atoms with Crippen LogP contribution < -0.4 is 10.5 Å². The summed E-state index contributed by atoms with van der Waals surface area (Å²) in [6, 6.07) is 24.6. The summed E-state index contributed by atoms with van der Waals surface area (Å²) >= 11 is 1.45. The van der Waals surface area contributed by atoms with Crippen LogP contribution in [-0.2, 0) is 12.8 Å². The molecule has 148 valence electrons. The van der Waals surface area contributed by atoms with Crippen LogP contribution in [0.15, 0.2) is 72.1 Å². The summed E-state index contributed by atoms with van der Waals surface area (Å²) in [6.07, 6.45) is 1.59. The Bertz CT molecular complexity index is 1190. The van der Waals surface area contributed by atoms with Crippen LogP contribution in [0.5, 0.6) is 5.75 Å². The molecule has 3 aromatic carbocycles. The Morgan fingerprint density at radius 3 is 2.23 bits per heavy atom. The van der Waals surface area contributed by atoms with Crippen LogP contribution in [0.25, 0.3) is 11.3 Å². The van der Waals surface area contributed by atoms with Crippen molar-refractivity contribution in [3.8, 4) is 23.1 Å². The lowest BCUT2D eigenvalue weighted by Gasteiger charge is -2.12. The SMILES string of the molecule is COc1ccc(Cc2ccc(Cc3ccc(C#N)cc3)cc2-c2csc(N)n2)cc1. The van der Waals surface area contributed by atoms with Crippen LogP contribution in [0.2, 0.25) is 0 Å². The first kappa shape index (κ1) is 19.7. The van der Waals surface area contributed by atoms with Gasteiger partial charge in [0.05, 0.1) is 24.4 Å². The third-order valence-electron chi connectivity index (χ3n) is 5.02. The molecule has 0 saturated carbocycles. The number of rotatable bonds is 6. The molecule has 0 unspecified atom stereocenters. The van der Waals surface area contributed by atoms with Gasteiger partial charge >= 0.3 is 0 Å². The molecule has 0 fully saturated rings. The lowest BCUT2D eigenvalue weighted by molar-refractivity contribution is 0.414. The van der Waals surface area contributed by atoms with Crippen LogP contribution in [0.3, 0.4) is 0 Å². The van der Waals surface area contributed by atoms with E-state index in [4.69, 9.17) is 15.7 Å². The van der Waals surface area contributed by atoms with Crippen molar-refractivity contribution in [2.45, 2.75) is 12.8 Å². The lowest BCUT2D eigenvalue weighted by Crippen LogP contribution is -1.97. The number of nitriles is 1. The van der Waals surface area contributed by atoms with E-state index in [-0.39, 0.29) is 0 Å². The van der Waals surface area contributed by atoms with Gasteiger partial charge in [-0.2, -0.15) is 5.26 Å². The molecule has 0 radical (unpaired) electrons. The minimum absolute atomic E-state index is 0.567. The summed E-state index contributed by atoms with van der Waals surface area (Å²) in [5, 5.41) is 11.6. The largest absolute Gasteiger partial charge is 0.497 e. The van der Waals surface area contributed by atoms with Gasteiger partial charge in [0, 0.05) is 10.9 Å². The van der Waals surface area contributed by atoms with Gasteiger partial charge in [0.15, 0.2) is 5.13 Å². The molecular weight excluding hydrogens is 390 g/mol. The van der Waals surface area contributed by atoms with Crippen molar-refractivity contribution in [1.29, 1.82) is 5.26 Å². The fourth-order valence-electron chi connectivity index (χ4n) is 3.43. The van der Waals surface area contributed by atoms with Crippen molar-refractivity contribution in [1.82, 2.24) is 4.98 Å². The zero-order valence-corrected chi connectivity index (χ0v) is 17.4. The van der Waals surface area contributed by atoms with Crippen molar-refractivity contribution in [3.63, 3.8) is 0 Å². The van der Waals surface area contributed by atoms with Crippen molar-refractivity contribution in [2.75, 3.05) is 12.8 Å². The van der Waals surface area contributed by atoms with Crippen LogP contribution >= 0.6 is 11.3 Å². The number of hydrogen-bond donors (Lipinski definition) is 1. The van der Waals surface area contributed by atoms with Gasteiger partial charge in [-0.05, 0) is 65.4 Å². The molecule has 0 saturated heterocycles. The Morgan fingerprint density at radius 1 is 0.933 bits per heavy atom. The summed E-state index contributed by atoms with van der Waals surface area (Å²) in [5.41, 5.74) is 13.4. The number of ether oxygens (including phenoxy) is 1. The minimum Gasteiger partial charge on any atom is -0.497 e. The second-order valence-corrected chi connectivity index (χ2v) is 7.96. The fourth-order valence-corrected chi connectivity index (χ4v) is 4.00. The van der Waals surface area contributed by atoms with E-state index < -0.39 is 0 Å². The number of aromatic nitrogens is 1. The molecule has 0 spiro atoms. The molecule has 0 aliphatic heterocycles. The van der Waals surface area contributed by atoms with Gasteiger partial charge in [0.2, 0.25) is 0 Å². The maximum Gasteiger partial charge on any atom is 0.180 e. The quantitative estimate of drug-likeness (QED) is 0.458. The van der Waals surface area contributed by atoms with Gasteiger partial charge in [0.1, 0.15) is 5.75 Å². The maximum atomic E-state index is 8.99. The van der Waals surface area contributed by atoms with Crippen LogP contribution in [0.1, 0.15) is 27.8 Å². The molecule has 2 N–H and O–H groups in total. The zero-order chi connectivity index (χ0) is 20.9. The van der Waals surface area contributed by atoms with Crippen LogP contribution in [-0.4, -0.2) is 12.1 Å². The molecule has 0 aliphatic rings. The number of hydrogen-bond acceptors (Lipinski definition) is 5. The Balaban J connectivity index is 1.66. The van der Waals surface area contributed by atoms with E-state index >= 15 is 0 Å². The Labute approximate surface area is 180 Å². The van der Waals surface area contributed by atoms with Crippen LogP contribution in [0, 0.1) is 11.3 Å². The highest BCUT2D eigenvalue weighted by atomic mass is 32.1. The monoisotopic (exact) mass is 411 g/mol. The van der Waals surface area contributed by atoms with Crippen molar-refractivity contribution in [2.24, 2.45) is 0 Å². The number of nitrogens with two attached hydrogens (primary N) is 1. The second-order valence-electron chi connectivity index (χ2n) is 7.07. The lowest BCUT2D eigenvalue weighted by atomic mass is 9.94. The van der Waals surface area contributed by atoms with E-state index in [0.717, 1.165) is 29.8 Å². The van der Waals surface area contributed by atoms with E-state index in [9.17, 15) is 0 Å². The smallest absolute Gasteiger partial charge is 0.180 e. The molecule has 4 nitrogen and oxygen atoms in total. The molecule has 1 heterocycles. The standard InChI is InChI=1S/C25H21N3OS/c1-29-22-10-7-18(8-11-22)13-21-9-6-20(12-17-2-4-19(15-26)5-3-17)14-23(21)24-16-30-25(27)28-24/h2-11,14,16H,12-13H2,1H3,(H2,27,28). The Hall–Kier alpha value is -3.62. The summed E-state index contributed by atoms with van der Waals surface area (Å²) in [6.45, 7) is 0. The maximum absolute atomic E-state index is 8.99. The Morgan fingerprint density at radius 2 is 1.60 bits per heavy atom. The molecular formula is C25H21N3OS. The van der Waals surface area contributed by atoms with Gasteiger partial charge in [-0.15, -0.1) is 11.3 Å². The zero-order valence-electron chi connectivity index (χ0n) is 16.6. The average Bonchev–Trinajstić information content (AvgIpc) is 3.22. The third-order valence-corrected chi connectivity index (χ3v) is 5.69. The van der Waals surface area contributed by atoms with Crippen molar-refractivity contribution < 1.29 is 4.74 Å². The van der Waals surface area contributed by atoms with E-state index in [0.29, 0.717) is 10.7 Å². The minimum atomic E-state index is 0.567. The number of benzene rings is 3. The first-order valence-corrected chi connectivity index (χ1v) is 10.5. The summed E-state index contributed by atoms with van der Waals surface area (Å²) < 4.78 is 5.26. The first-order valence-electron chi connectivity index (χ1n) is 9.60. The van der Waals surface area contributed by atoms with Crippen LogP contribution in [0.4, 0.5) is 5.13 Å². The highest BCUT2D eigenvalue weighted by Gasteiger charge is 2.11. The number of methoxy groups -OCH3 is 1. The highest BCUT2D eigenvalue weighted by molar-refractivity contribution is 7.13. The molecule has 0 atom stereocenters.